The predicted octanol–water partition coefficient (Wildman–Crippen LogP) is 15.5. The molecule has 3 saturated heterocycles. The third-order valence-corrected chi connectivity index (χ3v) is 21.6. The number of nitrogens with zero attached hydrogens (tertiary/aromatic N) is 3. The van der Waals surface area contributed by atoms with E-state index >= 15 is 28.8 Å². The summed E-state index contributed by atoms with van der Waals surface area (Å²) >= 11 is 17.7. The minimum atomic E-state index is -2.89. The number of hydrogen-bond acceptors (Lipinski definition) is 18. The van der Waals surface area contributed by atoms with E-state index in [0.717, 1.165) is 16.7 Å². The number of thiocarbonyl (C=S) groups is 3. The second-order valence-electron chi connectivity index (χ2n) is 33.7. The number of esters is 3. The third kappa shape index (κ3) is 13.8. The Morgan fingerprint density at radius 3 is 0.687 bits per heavy atom. The molecule has 0 radical (unpaired) electrons. The fourth-order valence-electron chi connectivity index (χ4n) is 14.7. The Balaban J connectivity index is 1.59. The van der Waals surface area contributed by atoms with Crippen molar-refractivity contribution in [1.82, 2.24) is 13.7 Å². The van der Waals surface area contributed by atoms with Crippen LogP contribution in [0.15, 0.2) is 50.8 Å². The number of hydrogen-bond donors (Lipinski definition) is 3. The van der Waals surface area contributed by atoms with Gasteiger partial charge in [0.15, 0.2) is 32.0 Å². The van der Waals surface area contributed by atoms with Crippen LogP contribution in [-0.2, 0) is 112 Å². The number of cyclic esters (lactones) is 3. The van der Waals surface area contributed by atoms with Crippen LogP contribution in [0.4, 0.5) is 0 Å². The molecule has 1 aromatic heterocycles. The number of phenols is 3. The lowest BCUT2D eigenvalue weighted by molar-refractivity contribution is -0.314. The molecule has 0 spiro atoms. The molecule has 546 valence electrons. The molecule has 3 aliphatic rings. The molecule has 0 saturated carbocycles. The molecule has 4 aromatic rings. The zero-order valence-corrected chi connectivity index (χ0v) is 65.8. The van der Waals surface area contributed by atoms with E-state index in [1.807, 2.05) is 161 Å². The van der Waals surface area contributed by atoms with Crippen LogP contribution in [0.3, 0.4) is 0 Å². The Morgan fingerprint density at radius 1 is 0.364 bits per heavy atom. The van der Waals surface area contributed by atoms with Gasteiger partial charge in [0, 0.05) is 19.3 Å². The van der Waals surface area contributed by atoms with Gasteiger partial charge in [0.1, 0.15) is 17.2 Å². The number of aryl methyl sites for hydroxylation is 3. The largest absolute Gasteiger partial charge is 0.507 e. The van der Waals surface area contributed by atoms with Crippen LogP contribution in [0.2, 0.25) is 0 Å². The molecule has 99 heavy (non-hydrogen) atoms. The summed E-state index contributed by atoms with van der Waals surface area (Å²) in [4.78, 5) is 97.8. The van der Waals surface area contributed by atoms with Crippen molar-refractivity contribution in [1.29, 1.82) is 0 Å². The Labute approximate surface area is 602 Å². The van der Waals surface area contributed by atoms with Crippen molar-refractivity contribution < 1.29 is 58.1 Å². The van der Waals surface area contributed by atoms with E-state index in [-0.39, 0.29) is 109 Å². The quantitative estimate of drug-likeness (QED) is 0.0336. The van der Waals surface area contributed by atoms with Gasteiger partial charge in [-0.2, -0.15) is 13.7 Å². The van der Waals surface area contributed by atoms with E-state index < -0.39 is 101 Å². The van der Waals surface area contributed by atoms with Gasteiger partial charge in [-0.25, -0.2) is 28.8 Å². The predicted molar refractivity (Wildman–Crippen MR) is 398 cm³/mol. The summed E-state index contributed by atoms with van der Waals surface area (Å²) < 4.78 is 40.7. The maximum atomic E-state index is 17.0. The van der Waals surface area contributed by atoms with Crippen LogP contribution in [-0.4, -0.2) is 78.9 Å². The molecule has 4 heterocycles. The molecule has 3 aromatic carbocycles. The smallest absolute Gasteiger partial charge is 0.378 e. The number of aromatic nitrogens is 3. The summed E-state index contributed by atoms with van der Waals surface area (Å²) in [6.45, 7) is 46.1. The Kier molecular flexibility index (Phi) is 22.4. The van der Waals surface area contributed by atoms with Gasteiger partial charge in [0.25, 0.3) is 0 Å². The minimum absolute atomic E-state index is 0.0391. The first-order valence-electron chi connectivity index (χ1n) is 35.4. The Bertz CT molecular complexity index is 3500. The first-order valence-corrected chi connectivity index (χ1v) is 36.6. The van der Waals surface area contributed by atoms with Crippen molar-refractivity contribution in [3.8, 4) is 17.2 Å². The number of aromatic hydroxyl groups is 3. The summed E-state index contributed by atoms with van der Waals surface area (Å²) in [6, 6.07) is 11.6. The number of benzene rings is 3. The molecule has 7 rings (SSSR count). The SMILES string of the molecule is CCC(=S)OC1(n2c(=O)n(C3(OC(=S)CC)C(=O)OC3(CC)CCCc3cc(C(C)(C)C)c(O)c(C(C)(C)C)c3)c(=O)n(C3(OC(=S)CC)C(=O)OC3(CC)CCCc3cc(C(C)(C)C)c(O)c(C(C)(C)C)c3)c2=O)C(=O)OC1(CC)CCCc1cc(C(C)(C)C)c(O)c(C(C)(C)C)c1. The van der Waals surface area contributed by atoms with Crippen molar-refractivity contribution in [2.75, 3.05) is 0 Å². The highest BCUT2D eigenvalue weighted by Gasteiger charge is 2.80. The van der Waals surface area contributed by atoms with Crippen molar-refractivity contribution >= 4 is 69.7 Å². The first kappa shape index (κ1) is 79.9. The lowest BCUT2D eigenvalue weighted by Gasteiger charge is -2.58. The third-order valence-electron chi connectivity index (χ3n) is 20.5. The zero-order valence-electron chi connectivity index (χ0n) is 63.4. The van der Waals surface area contributed by atoms with Crippen LogP contribution in [0, 0.1) is 0 Å². The first-order chi connectivity index (χ1) is 45.4. The number of rotatable bonds is 24. The maximum absolute atomic E-state index is 17.0. The van der Waals surface area contributed by atoms with Gasteiger partial charge in [-0.1, -0.05) is 203 Å². The maximum Gasteiger partial charge on any atom is 0.378 e. The molecule has 0 aliphatic carbocycles. The molecule has 0 amide bonds. The molecule has 3 fully saturated rings. The summed E-state index contributed by atoms with van der Waals surface area (Å²) in [5.41, 5.74) is -15.5. The average Bonchev–Trinajstić information content (AvgIpc) is 0.656. The van der Waals surface area contributed by atoms with E-state index in [0.29, 0.717) is 66.3 Å². The van der Waals surface area contributed by atoms with Crippen LogP contribution < -0.4 is 17.1 Å². The van der Waals surface area contributed by atoms with Gasteiger partial charge in [-0.05, 0) is 196 Å². The summed E-state index contributed by atoms with van der Waals surface area (Å²) in [6.07, 6.45) is 0.770. The lowest BCUT2D eigenvalue weighted by atomic mass is 9.75. The number of carbonyl (C=O) groups excluding carboxylic acids is 3. The molecular formula is C78H111N3O15S3. The number of carbonyl (C=O) groups is 3. The van der Waals surface area contributed by atoms with E-state index in [2.05, 4.69) is 0 Å². The summed E-state index contributed by atoms with van der Waals surface area (Å²) in [5, 5.41) is 34.5. The van der Waals surface area contributed by atoms with Crippen molar-refractivity contribution in [3.05, 3.63) is 118 Å². The van der Waals surface area contributed by atoms with Gasteiger partial charge in [-0.15, -0.1) is 0 Å². The highest BCUT2D eigenvalue weighted by Crippen LogP contribution is 2.56. The van der Waals surface area contributed by atoms with Crippen molar-refractivity contribution in [3.63, 3.8) is 0 Å². The van der Waals surface area contributed by atoms with Gasteiger partial charge in [0.05, 0.1) is 0 Å². The van der Waals surface area contributed by atoms with Crippen molar-refractivity contribution in [2.24, 2.45) is 0 Å². The number of ether oxygens (including phenoxy) is 6. The topological polar surface area (TPSA) is 233 Å². The summed E-state index contributed by atoms with van der Waals surface area (Å²) in [5.74, 6) is -3.22. The molecule has 21 heteroatoms. The molecular weight excluding hydrogens is 1320 g/mol. The highest BCUT2D eigenvalue weighted by molar-refractivity contribution is 7.80. The van der Waals surface area contributed by atoms with Crippen molar-refractivity contribution in [2.45, 2.75) is 329 Å². The fourth-order valence-corrected chi connectivity index (χ4v) is 15.0. The molecule has 6 atom stereocenters. The second kappa shape index (κ2) is 27.7. The molecule has 3 aliphatic heterocycles. The van der Waals surface area contributed by atoms with Gasteiger partial charge in [0.2, 0.25) is 0 Å². The Morgan fingerprint density at radius 2 is 0.545 bits per heavy atom. The summed E-state index contributed by atoms with van der Waals surface area (Å²) in [7, 11) is 0. The van der Waals surface area contributed by atoms with Gasteiger partial charge >= 0.3 is 52.2 Å². The van der Waals surface area contributed by atoms with E-state index in [1.54, 1.807) is 41.5 Å². The Hall–Kier alpha value is -6.45. The van der Waals surface area contributed by atoms with Crippen LogP contribution in [0.25, 0.3) is 0 Å². The lowest BCUT2D eigenvalue weighted by Crippen LogP contribution is -2.86. The average molecular weight is 1430 g/mol. The monoisotopic (exact) mass is 1430 g/mol. The van der Waals surface area contributed by atoms with E-state index in [9.17, 15) is 15.3 Å². The molecule has 0 bridgehead atoms. The van der Waals surface area contributed by atoms with Gasteiger partial charge < -0.3 is 43.7 Å². The standard InChI is InChI=1S/C78H111N3O15S3/c1-25-55(97)91-76(61(85)94-73(76,28-4)37-31-34-46-40-49(67(7,8)9)58(82)50(41-46)68(10,11)12)79-64(88)80(77(92-56(98)26-2)62(86)95-74(77,29-5)38-32-35-47-42-51(69(13,14)15)59(83)52(43-47)70(16,17)18)66(90)81(65(79)89)78(93-57(99)27-3)63(87)96-75(78,30-6)39-33-36-48-44-53(71(19,20)21)60(84)54(45-48)72(22,23)24/h40-45,82-84H,25-39H2,1-24H3. The van der Waals surface area contributed by atoms with E-state index in [4.69, 9.17) is 65.1 Å². The van der Waals surface area contributed by atoms with Crippen LogP contribution in [0.5, 0.6) is 17.2 Å². The zero-order chi connectivity index (χ0) is 74.9. The number of phenolic OH excluding ortho intramolecular Hbond substituents is 3. The van der Waals surface area contributed by atoms with Crippen LogP contribution >= 0.6 is 36.7 Å². The van der Waals surface area contributed by atoms with E-state index in [1.165, 1.54) is 0 Å². The fraction of sp³-hybridized carbons (Fsp3) is 0.654. The molecule has 3 N–H and O–H groups in total. The second-order valence-corrected chi connectivity index (χ2v) is 35.0. The molecule has 18 nitrogen and oxygen atoms in total. The highest BCUT2D eigenvalue weighted by atomic mass is 32.1. The van der Waals surface area contributed by atoms with Gasteiger partial charge in [-0.3, -0.25) is 0 Å². The minimum Gasteiger partial charge on any atom is -0.507 e. The normalized spacial score (nSPS) is 23.5. The van der Waals surface area contributed by atoms with Crippen LogP contribution in [0.1, 0.15) is 293 Å². The molecule has 6 unspecified atom stereocenters.